The molecule has 0 aliphatic carbocycles. The lowest BCUT2D eigenvalue weighted by molar-refractivity contribution is 0.175. The van der Waals surface area contributed by atoms with Gasteiger partial charge in [-0.3, -0.25) is 9.80 Å². The highest BCUT2D eigenvalue weighted by atomic mass is 16.5. The first kappa shape index (κ1) is 33.1. The highest BCUT2D eigenvalue weighted by molar-refractivity contribution is 5.67. The third kappa shape index (κ3) is 6.05. The molecule has 4 aromatic rings. The van der Waals surface area contributed by atoms with Gasteiger partial charge in [-0.2, -0.15) is 0 Å². The minimum atomic E-state index is -0.0592. The largest absolute Gasteiger partial charge is 0.493 e. The molecule has 0 unspecified atom stereocenters. The summed E-state index contributed by atoms with van der Waals surface area (Å²) in [6.07, 6.45) is 3.25. The maximum atomic E-state index is 7.12. The zero-order chi connectivity index (χ0) is 34.2. The maximum Gasteiger partial charge on any atom is 0.204 e. The first-order chi connectivity index (χ1) is 23.9. The average Bonchev–Trinajstić information content (AvgIpc) is 3.11. The van der Waals surface area contributed by atoms with Gasteiger partial charge in [-0.25, -0.2) is 0 Å². The Labute approximate surface area is 289 Å². The van der Waals surface area contributed by atoms with Gasteiger partial charge in [0.25, 0.3) is 0 Å². The van der Waals surface area contributed by atoms with Gasteiger partial charge in [-0.1, -0.05) is 18.2 Å². The van der Waals surface area contributed by atoms with Crippen molar-refractivity contribution in [2.75, 3.05) is 62.7 Å². The van der Waals surface area contributed by atoms with E-state index in [2.05, 4.69) is 60.3 Å². The Morgan fingerprint density at radius 1 is 0.673 bits per heavy atom. The highest BCUT2D eigenvalue weighted by Gasteiger charge is 2.37. The Hall–Kier alpha value is -4.44. The van der Waals surface area contributed by atoms with E-state index in [4.69, 9.17) is 33.2 Å². The monoisotopic (exact) mass is 666 g/mol. The molecule has 0 saturated carbocycles. The molecule has 9 nitrogen and oxygen atoms in total. The molecule has 0 radical (unpaired) electrons. The Morgan fingerprint density at radius 3 is 2.06 bits per heavy atom. The van der Waals surface area contributed by atoms with Crippen molar-refractivity contribution in [1.82, 2.24) is 9.80 Å². The van der Waals surface area contributed by atoms with Crippen molar-refractivity contribution >= 4 is 0 Å². The Bertz CT molecular complexity index is 1840. The zero-order valence-corrected chi connectivity index (χ0v) is 29.6. The number of rotatable bonds is 6. The zero-order valence-electron chi connectivity index (χ0n) is 29.6. The van der Waals surface area contributed by atoms with Gasteiger partial charge in [-0.05, 0) is 104 Å². The van der Waals surface area contributed by atoms with E-state index >= 15 is 0 Å². The number of hydrogen-bond donors (Lipinski definition) is 0. The molecule has 4 aliphatic rings. The molecule has 0 N–H and O–H groups in total. The number of likely N-dealkylation sites (N-methyl/N-ethyl adjacent to an activating group) is 2. The molecule has 258 valence electrons. The van der Waals surface area contributed by atoms with Crippen LogP contribution < -0.4 is 28.4 Å². The van der Waals surface area contributed by atoms with Gasteiger partial charge in [0.05, 0.1) is 35.0 Å². The fraction of sp³-hybridized carbons (Fsp3) is 0.400. The summed E-state index contributed by atoms with van der Waals surface area (Å²) in [7, 11) is 12.8. The Morgan fingerprint density at radius 2 is 1.35 bits per heavy atom. The van der Waals surface area contributed by atoms with Gasteiger partial charge in [0.2, 0.25) is 5.75 Å². The second-order valence-corrected chi connectivity index (χ2v) is 13.1. The standard InChI is InChI=1S/C40H46N2O7/c1-41-16-14-26-21-34(45-5)36-22-29(26)31(41)18-24-8-11-27(12-9-24)48-35-20-25(10-13-33(35)44-4)19-32-37-28(15-17-42(32)2)30(23-43-3)38(46-6)40(47-7)39(37)49-36/h8-13,20-22,31-32H,14-19,23H2,1-7H3/t31-,32-/m0/s1. The molecule has 8 rings (SSSR count). The first-order valence-electron chi connectivity index (χ1n) is 16.9. The minimum Gasteiger partial charge on any atom is -0.493 e. The second-order valence-electron chi connectivity index (χ2n) is 13.1. The molecule has 9 heteroatoms. The normalized spacial score (nSPS) is 18.8. The topological polar surface area (TPSA) is 71.1 Å². The molecule has 4 aliphatic heterocycles. The first-order valence-corrected chi connectivity index (χ1v) is 16.9. The molecular weight excluding hydrogens is 620 g/mol. The van der Waals surface area contributed by atoms with E-state index in [1.165, 1.54) is 16.7 Å². The van der Waals surface area contributed by atoms with Crippen LogP contribution in [-0.4, -0.2) is 72.5 Å². The van der Waals surface area contributed by atoms with Gasteiger partial charge in [0, 0.05) is 43.4 Å². The SMILES string of the molecule is COCc1c2c3c(c(OC)c1OC)Oc1cc4c(cc1OC)CCN(C)[C@H]4Cc1ccc(cc1)Oc1cc(ccc1OC)C[C@@H]3N(C)CC2. The third-order valence-corrected chi connectivity index (χ3v) is 10.4. The van der Waals surface area contributed by atoms with Crippen LogP contribution in [0.1, 0.15) is 51.0 Å². The number of nitrogens with zero attached hydrogens (tertiary/aromatic N) is 2. The second kappa shape index (κ2) is 13.8. The van der Waals surface area contributed by atoms with Crippen LogP contribution in [0.5, 0.6) is 46.0 Å². The summed E-state index contributed by atoms with van der Waals surface area (Å²) in [5.41, 5.74) is 8.02. The van der Waals surface area contributed by atoms with Crippen LogP contribution >= 0.6 is 0 Å². The van der Waals surface area contributed by atoms with E-state index < -0.39 is 0 Å². The summed E-state index contributed by atoms with van der Waals surface area (Å²) < 4.78 is 43.4. The van der Waals surface area contributed by atoms with Crippen molar-refractivity contribution in [3.63, 3.8) is 0 Å². The number of benzene rings is 4. The average molecular weight is 667 g/mol. The van der Waals surface area contributed by atoms with Crippen molar-refractivity contribution in [2.45, 2.75) is 44.4 Å². The molecule has 4 aromatic carbocycles. The summed E-state index contributed by atoms with van der Waals surface area (Å²) in [6.45, 7) is 2.19. The molecule has 4 heterocycles. The van der Waals surface area contributed by atoms with Crippen LogP contribution in [0.25, 0.3) is 0 Å². The minimum absolute atomic E-state index is 0.0592. The fourth-order valence-electron chi connectivity index (χ4n) is 7.80. The summed E-state index contributed by atoms with van der Waals surface area (Å²) in [4.78, 5) is 4.81. The summed E-state index contributed by atoms with van der Waals surface area (Å²) >= 11 is 0. The van der Waals surface area contributed by atoms with Gasteiger partial charge in [-0.15, -0.1) is 0 Å². The number of hydrogen-bond acceptors (Lipinski definition) is 9. The third-order valence-electron chi connectivity index (χ3n) is 10.4. The highest BCUT2D eigenvalue weighted by Crippen LogP contribution is 2.54. The summed E-state index contributed by atoms with van der Waals surface area (Å²) in [5.74, 6) is 5.25. The molecule has 0 spiro atoms. The predicted octanol–water partition coefficient (Wildman–Crippen LogP) is 7.31. The van der Waals surface area contributed by atoms with Crippen molar-refractivity contribution in [3.8, 4) is 46.0 Å². The van der Waals surface area contributed by atoms with Crippen molar-refractivity contribution in [3.05, 3.63) is 93.5 Å². The van der Waals surface area contributed by atoms with Gasteiger partial charge < -0.3 is 33.2 Å². The molecule has 0 aromatic heterocycles. The smallest absolute Gasteiger partial charge is 0.204 e. The van der Waals surface area contributed by atoms with E-state index in [9.17, 15) is 0 Å². The van der Waals surface area contributed by atoms with Crippen LogP contribution in [0.4, 0.5) is 0 Å². The number of methoxy groups -OCH3 is 5. The van der Waals surface area contributed by atoms with E-state index in [0.29, 0.717) is 53.3 Å². The number of fused-ring (bicyclic) bond motifs is 2. The van der Waals surface area contributed by atoms with Crippen LogP contribution in [0, 0.1) is 0 Å². The molecular formula is C40H46N2O7. The van der Waals surface area contributed by atoms with E-state index in [0.717, 1.165) is 60.4 Å². The predicted molar refractivity (Wildman–Crippen MR) is 188 cm³/mol. The van der Waals surface area contributed by atoms with Gasteiger partial charge >= 0.3 is 0 Å². The lowest BCUT2D eigenvalue weighted by Crippen LogP contribution is -2.35. The summed E-state index contributed by atoms with van der Waals surface area (Å²) in [6, 6.07) is 19.0. The summed E-state index contributed by atoms with van der Waals surface area (Å²) in [5, 5.41) is 0. The van der Waals surface area contributed by atoms with Crippen LogP contribution in [0.3, 0.4) is 0 Å². The van der Waals surface area contributed by atoms with Crippen molar-refractivity contribution in [2.24, 2.45) is 0 Å². The van der Waals surface area contributed by atoms with Crippen molar-refractivity contribution in [1.29, 1.82) is 0 Å². The van der Waals surface area contributed by atoms with Crippen LogP contribution in [-0.2, 0) is 37.0 Å². The van der Waals surface area contributed by atoms with Crippen LogP contribution in [0.15, 0.2) is 54.6 Å². The fourth-order valence-corrected chi connectivity index (χ4v) is 7.80. The van der Waals surface area contributed by atoms with Gasteiger partial charge in [0.1, 0.15) is 5.75 Å². The Kier molecular flexibility index (Phi) is 9.33. The molecule has 0 saturated heterocycles. The molecule has 0 fully saturated rings. The molecule has 0 amide bonds. The van der Waals surface area contributed by atoms with E-state index in [-0.39, 0.29) is 12.1 Å². The molecule has 2 atom stereocenters. The Balaban J connectivity index is 1.50. The van der Waals surface area contributed by atoms with Gasteiger partial charge in [0.15, 0.2) is 34.5 Å². The molecule has 6 bridgehead atoms. The quantitative estimate of drug-likeness (QED) is 0.211. The van der Waals surface area contributed by atoms with E-state index in [1.54, 1.807) is 35.5 Å². The van der Waals surface area contributed by atoms with Crippen LogP contribution in [0.2, 0.25) is 0 Å². The van der Waals surface area contributed by atoms with E-state index in [1.807, 2.05) is 18.2 Å². The lowest BCUT2D eigenvalue weighted by Gasteiger charge is -2.38. The maximum absolute atomic E-state index is 7.12. The lowest BCUT2D eigenvalue weighted by atomic mass is 9.84. The number of ether oxygens (including phenoxy) is 7. The van der Waals surface area contributed by atoms with Crippen molar-refractivity contribution < 1.29 is 33.2 Å². The molecule has 49 heavy (non-hydrogen) atoms.